The second kappa shape index (κ2) is 7.65. The minimum absolute atomic E-state index is 0.196. The minimum Gasteiger partial charge on any atom is -0.469 e. The number of ether oxygens (including phenoxy) is 1. The standard InChI is InChI=1S/C19H27O4P/c1-13-10-14(2)18(15(3)11-13)19(21)24(22,12-17(20)23-4)16-8-6-5-7-9-16/h10-11,16H,5-9,12H2,1-4H3. The Kier molecular flexibility index (Phi) is 6.03. The van der Waals surface area contributed by atoms with Gasteiger partial charge in [-0.05, 0) is 44.7 Å². The Labute approximate surface area is 144 Å². The lowest BCUT2D eigenvalue weighted by Gasteiger charge is -2.30. The molecule has 0 amide bonds. The molecule has 5 heteroatoms. The third-order valence-corrected chi connectivity index (χ3v) is 8.33. The maximum absolute atomic E-state index is 13.8. The lowest BCUT2D eigenvalue weighted by atomic mass is 10.0. The lowest BCUT2D eigenvalue weighted by Crippen LogP contribution is -2.25. The second-order valence-corrected chi connectivity index (χ2v) is 9.94. The van der Waals surface area contributed by atoms with Gasteiger partial charge in [-0.1, -0.05) is 37.0 Å². The van der Waals surface area contributed by atoms with E-state index in [1.807, 2.05) is 32.9 Å². The summed E-state index contributed by atoms with van der Waals surface area (Å²) in [4.78, 5) is 25.2. The van der Waals surface area contributed by atoms with Gasteiger partial charge in [-0.2, -0.15) is 0 Å². The van der Waals surface area contributed by atoms with Gasteiger partial charge in [0.25, 0.3) is 0 Å². The van der Waals surface area contributed by atoms with E-state index in [0.717, 1.165) is 48.8 Å². The highest BCUT2D eigenvalue weighted by Gasteiger charge is 2.43. The van der Waals surface area contributed by atoms with Crippen LogP contribution in [0.1, 0.15) is 59.2 Å². The Balaban J connectivity index is 2.48. The van der Waals surface area contributed by atoms with Crippen molar-refractivity contribution in [3.8, 4) is 0 Å². The lowest BCUT2D eigenvalue weighted by molar-refractivity contribution is -0.137. The number of carbonyl (C=O) groups excluding carboxylic acids is 2. The van der Waals surface area contributed by atoms with E-state index in [2.05, 4.69) is 0 Å². The molecule has 1 atom stereocenters. The van der Waals surface area contributed by atoms with Crippen molar-refractivity contribution in [1.82, 2.24) is 0 Å². The molecular weight excluding hydrogens is 323 g/mol. The van der Waals surface area contributed by atoms with Crippen LogP contribution in [0, 0.1) is 20.8 Å². The van der Waals surface area contributed by atoms with Crippen molar-refractivity contribution in [1.29, 1.82) is 0 Å². The van der Waals surface area contributed by atoms with Crippen LogP contribution in [-0.2, 0) is 14.1 Å². The van der Waals surface area contributed by atoms with Crippen molar-refractivity contribution in [3.05, 3.63) is 34.4 Å². The van der Waals surface area contributed by atoms with Crippen molar-refractivity contribution in [2.45, 2.75) is 58.5 Å². The molecule has 0 aromatic heterocycles. The molecule has 1 saturated carbocycles. The number of carbonyl (C=O) groups is 2. The van der Waals surface area contributed by atoms with Crippen LogP contribution in [0.15, 0.2) is 12.1 Å². The molecule has 132 valence electrons. The van der Waals surface area contributed by atoms with Gasteiger partial charge >= 0.3 is 5.97 Å². The van der Waals surface area contributed by atoms with Crippen LogP contribution < -0.4 is 0 Å². The Morgan fingerprint density at radius 1 is 1.08 bits per heavy atom. The minimum atomic E-state index is -3.36. The summed E-state index contributed by atoms with van der Waals surface area (Å²) in [6.45, 7) is 5.72. The highest BCUT2D eigenvalue weighted by Crippen LogP contribution is 2.58. The van der Waals surface area contributed by atoms with E-state index < -0.39 is 13.1 Å². The number of hydrogen-bond donors (Lipinski definition) is 0. The molecule has 2 rings (SSSR count). The highest BCUT2D eigenvalue weighted by molar-refractivity contribution is 7.82. The van der Waals surface area contributed by atoms with E-state index in [-0.39, 0.29) is 17.3 Å². The predicted octanol–water partition coefficient (Wildman–Crippen LogP) is 4.62. The number of benzene rings is 1. The van der Waals surface area contributed by atoms with Gasteiger partial charge in [0.2, 0.25) is 5.52 Å². The van der Waals surface area contributed by atoms with Crippen LogP contribution in [0.5, 0.6) is 0 Å². The topological polar surface area (TPSA) is 60.4 Å². The van der Waals surface area contributed by atoms with Crippen LogP contribution in [-0.4, -0.2) is 30.4 Å². The molecule has 0 heterocycles. The van der Waals surface area contributed by atoms with Crippen molar-refractivity contribution in [2.24, 2.45) is 0 Å². The zero-order valence-corrected chi connectivity index (χ0v) is 15.9. The van der Waals surface area contributed by atoms with Crippen LogP contribution in [0.3, 0.4) is 0 Å². The molecule has 0 radical (unpaired) electrons. The third-order valence-electron chi connectivity index (χ3n) is 4.99. The van der Waals surface area contributed by atoms with E-state index in [1.165, 1.54) is 7.11 Å². The molecule has 0 bridgehead atoms. The Morgan fingerprint density at radius 2 is 1.62 bits per heavy atom. The molecule has 0 aliphatic heterocycles. The molecule has 1 aromatic rings. The SMILES string of the molecule is COC(=O)CP(=O)(C(=O)c1c(C)cc(C)cc1C)C1CCCCC1. The Bertz CT molecular complexity index is 664. The molecule has 1 fully saturated rings. The van der Waals surface area contributed by atoms with Crippen LogP contribution >= 0.6 is 7.14 Å². The maximum Gasteiger partial charge on any atom is 0.313 e. The number of esters is 1. The maximum atomic E-state index is 13.8. The summed E-state index contributed by atoms with van der Waals surface area (Å²) in [6, 6.07) is 3.87. The molecule has 1 aliphatic rings. The molecule has 0 saturated heterocycles. The van der Waals surface area contributed by atoms with E-state index in [9.17, 15) is 14.2 Å². The normalized spacial score (nSPS) is 18.0. The fourth-order valence-electron chi connectivity index (χ4n) is 3.83. The average Bonchev–Trinajstić information content (AvgIpc) is 2.54. The van der Waals surface area contributed by atoms with Crippen molar-refractivity contribution in [2.75, 3.05) is 13.3 Å². The van der Waals surface area contributed by atoms with Gasteiger partial charge in [-0.25, -0.2) is 0 Å². The monoisotopic (exact) mass is 350 g/mol. The van der Waals surface area contributed by atoms with Gasteiger partial charge in [0.15, 0.2) is 7.14 Å². The number of rotatable bonds is 5. The predicted molar refractivity (Wildman–Crippen MR) is 96.3 cm³/mol. The molecule has 1 aromatic carbocycles. The van der Waals surface area contributed by atoms with E-state index in [0.29, 0.717) is 5.56 Å². The van der Waals surface area contributed by atoms with Crippen molar-refractivity contribution < 1.29 is 18.9 Å². The molecular formula is C19H27O4P. The summed E-state index contributed by atoms with van der Waals surface area (Å²) in [6.07, 6.45) is 4.27. The number of aryl methyl sites for hydroxylation is 3. The Hall–Kier alpha value is -1.41. The smallest absolute Gasteiger partial charge is 0.313 e. The zero-order valence-electron chi connectivity index (χ0n) is 15.1. The van der Waals surface area contributed by atoms with E-state index >= 15 is 0 Å². The first-order valence-electron chi connectivity index (χ1n) is 8.58. The first-order valence-corrected chi connectivity index (χ1v) is 10.5. The molecule has 0 N–H and O–H groups in total. The quantitative estimate of drug-likeness (QED) is 0.574. The second-order valence-electron chi connectivity index (χ2n) is 6.90. The van der Waals surface area contributed by atoms with E-state index in [4.69, 9.17) is 4.74 Å². The fraction of sp³-hybridized carbons (Fsp3) is 0.579. The summed E-state index contributed by atoms with van der Waals surface area (Å²) >= 11 is 0. The van der Waals surface area contributed by atoms with Crippen LogP contribution in [0.4, 0.5) is 0 Å². The largest absolute Gasteiger partial charge is 0.469 e. The van der Waals surface area contributed by atoms with Gasteiger partial charge in [-0.3, -0.25) is 9.59 Å². The van der Waals surface area contributed by atoms with Crippen molar-refractivity contribution >= 4 is 18.6 Å². The zero-order chi connectivity index (χ0) is 17.9. The highest BCUT2D eigenvalue weighted by atomic mass is 31.2. The van der Waals surface area contributed by atoms with E-state index in [1.54, 1.807) is 0 Å². The van der Waals surface area contributed by atoms with Crippen LogP contribution in [0.2, 0.25) is 0 Å². The van der Waals surface area contributed by atoms with Gasteiger partial charge in [0, 0.05) is 11.2 Å². The summed E-state index contributed by atoms with van der Waals surface area (Å²) in [5.74, 6) is -0.556. The molecule has 1 aliphatic carbocycles. The number of hydrogen-bond acceptors (Lipinski definition) is 4. The first-order chi connectivity index (χ1) is 11.3. The first kappa shape index (κ1) is 18.9. The van der Waals surface area contributed by atoms with Gasteiger partial charge in [0.05, 0.1) is 7.11 Å². The third kappa shape index (κ3) is 3.80. The van der Waals surface area contributed by atoms with Gasteiger partial charge in [0.1, 0.15) is 6.16 Å². The molecule has 24 heavy (non-hydrogen) atoms. The molecule has 0 spiro atoms. The van der Waals surface area contributed by atoms with Crippen LogP contribution in [0.25, 0.3) is 0 Å². The summed E-state index contributed by atoms with van der Waals surface area (Å²) in [5.41, 5.74) is 2.73. The average molecular weight is 350 g/mol. The fourth-order valence-corrected chi connectivity index (χ4v) is 7.00. The summed E-state index contributed by atoms with van der Waals surface area (Å²) < 4.78 is 18.5. The Morgan fingerprint density at radius 3 is 2.12 bits per heavy atom. The van der Waals surface area contributed by atoms with Crippen molar-refractivity contribution in [3.63, 3.8) is 0 Å². The summed E-state index contributed by atoms with van der Waals surface area (Å²) in [7, 11) is -2.08. The van der Waals surface area contributed by atoms with Gasteiger partial charge in [-0.15, -0.1) is 0 Å². The number of methoxy groups -OCH3 is 1. The molecule has 4 nitrogen and oxygen atoms in total. The summed E-state index contributed by atoms with van der Waals surface area (Å²) in [5, 5.41) is 0. The van der Waals surface area contributed by atoms with Gasteiger partial charge < -0.3 is 9.30 Å². The molecule has 1 unspecified atom stereocenters.